The Bertz CT molecular complexity index is 655. The molecule has 94 valence electrons. The molecule has 8 nitrogen and oxygen atoms in total. The van der Waals surface area contributed by atoms with E-state index in [1.54, 1.807) is 0 Å². The highest BCUT2D eigenvalue weighted by Gasteiger charge is 2.26. The molecule has 1 aliphatic rings. The first-order valence-electron chi connectivity index (χ1n) is 5.03. The van der Waals surface area contributed by atoms with Crippen LogP contribution in [0.5, 0.6) is 5.75 Å². The highest BCUT2D eigenvalue weighted by molar-refractivity contribution is 6.28. The van der Waals surface area contributed by atoms with Gasteiger partial charge in [-0.1, -0.05) is 0 Å². The largest absolute Gasteiger partial charge is 0.507 e. The van der Waals surface area contributed by atoms with Gasteiger partial charge >= 0.3 is 0 Å². The van der Waals surface area contributed by atoms with Gasteiger partial charge in [0.1, 0.15) is 5.75 Å². The van der Waals surface area contributed by atoms with Crippen LogP contribution in [0.25, 0.3) is 10.4 Å². The average molecular weight is 258 g/mol. The van der Waals surface area contributed by atoms with Crippen molar-refractivity contribution in [3.8, 4) is 5.75 Å². The Morgan fingerprint density at radius 2 is 1.89 bits per heavy atom. The van der Waals surface area contributed by atoms with Crippen molar-refractivity contribution < 1.29 is 19.5 Å². The Kier molecular flexibility index (Phi) is 3.01. The Hall–Kier alpha value is -3.12. The zero-order chi connectivity index (χ0) is 14.0. The van der Waals surface area contributed by atoms with Gasteiger partial charge in [-0.2, -0.15) is 0 Å². The number of hydrogen-bond acceptors (Lipinski definition) is 4. The lowest BCUT2D eigenvalue weighted by Crippen LogP contribution is -2.29. The molecule has 0 saturated carbocycles. The van der Waals surface area contributed by atoms with E-state index in [9.17, 15) is 19.5 Å². The molecule has 1 N–H and O–H groups in total. The quantitative estimate of drug-likeness (QED) is 0.371. The maximum Gasteiger partial charge on any atom is 0.258 e. The van der Waals surface area contributed by atoms with Gasteiger partial charge in [-0.05, 0) is 22.8 Å². The van der Waals surface area contributed by atoms with Crippen molar-refractivity contribution >= 4 is 23.4 Å². The summed E-state index contributed by atoms with van der Waals surface area (Å²) >= 11 is 0. The number of carbonyl (C=O) groups excluding carboxylic acids is 3. The molecule has 0 aromatic heterocycles. The molecule has 2 rings (SSSR count). The van der Waals surface area contributed by atoms with E-state index >= 15 is 0 Å². The Balaban J connectivity index is 2.39. The molecule has 3 amide bonds. The van der Waals surface area contributed by atoms with Crippen molar-refractivity contribution in [2.24, 2.45) is 5.11 Å². The first-order valence-corrected chi connectivity index (χ1v) is 5.03. The molecule has 1 aliphatic heterocycles. The number of benzene rings is 1. The summed E-state index contributed by atoms with van der Waals surface area (Å²) in [6.07, 6.45) is 2.19. The molecule has 1 aromatic rings. The maximum atomic E-state index is 11.4. The van der Waals surface area contributed by atoms with Crippen LogP contribution in [0.15, 0.2) is 35.5 Å². The van der Waals surface area contributed by atoms with Crippen LogP contribution in [-0.2, 0) is 9.59 Å². The fourth-order valence-corrected chi connectivity index (χ4v) is 1.59. The number of anilines is 1. The standard InChI is InChI=1S/C11H6N4O4/c12-14-13-11(19)7-2-1-6(5-8(7)16)15-9(17)3-4-10(15)18/h1-5,16H. The molecule has 8 heteroatoms. The number of rotatable bonds is 2. The molecule has 0 saturated heterocycles. The minimum absolute atomic E-state index is 0.120. The van der Waals surface area contributed by atoms with Gasteiger partial charge in [0.25, 0.3) is 17.7 Å². The van der Waals surface area contributed by atoms with Gasteiger partial charge in [-0.3, -0.25) is 14.4 Å². The summed E-state index contributed by atoms with van der Waals surface area (Å²) < 4.78 is 0. The third kappa shape index (κ3) is 2.15. The number of carbonyl (C=O) groups is 3. The molecule has 0 fully saturated rings. The topological polar surface area (TPSA) is 123 Å². The van der Waals surface area contributed by atoms with Crippen LogP contribution in [0, 0.1) is 0 Å². The lowest BCUT2D eigenvalue weighted by molar-refractivity contribution is -0.119. The highest BCUT2D eigenvalue weighted by atomic mass is 16.3. The van der Waals surface area contributed by atoms with Crippen molar-refractivity contribution in [1.82, 2.24) is 0 Å². The minimum atomic E-state index is -0.955. The van der Waals surface area contributed by atoms with Crippen molar-refractivity contribution in [3.05, 3.63) is 46.4 Å². The number of hydrogen-bond donors (Lipinski definition) is 1. The number of imide groups is 1. The molecule has 0 aliphatic carbocycles. The zero-order valence-corrected chi connectivity index (χ0v) is 9.35. The summed E-state index contributed by atoms with van der Waals surface area (Å²) in [5, 5.41) is 12.5. The summed E-state index contributed by atoms with van der Waals surface area (Å²) in [6.45, 7) is 0. The summed E-state index contributed by atoms with van der Waals surface area (Å²) in [6, 6.07) is 3.53. The average Bonchev–Trinajstić information content (AvgIpc) is 2.69. The summed E-state index contributed by atoms with van der Waals surface area (Å²) in [7, 11) is 0. The molecule has 0 unspecified atom stereocenters. The summed E-state index contributed by atoms with van der Waals surface area (Å²) in [5.41, 5.74) is 8.04. The van der Waals surface area contributed by atoms with Gasteiger partial charge in [0.05, 0.1) is 11.3 Å². The second-order valence-electron chi connectivity index (χ2n) is 3.54. The van der Waals surface area contributed by atoms with Crippen LogP contribution in [0.1, 0.15) is 10.4 Å². The summed E-state index contributed by atoms with van der Waals surface area (Å²) in [4.78, 5) is 37.3. The molecule has 0 radical (unpaired) electrons. The predicted octanol–water partition coefficient (Wildman–Crippen LogP) is 1.27. The molecule has 19 heavy (non-hydrogen) atoms. The van der Waals surface area contributed by atoms with E-state index in [0.717, 1.165) is 23.1 Å². The molecule has 1 aromatic carbocycles. The van der Waals surface area contributed by atoms with Crippen molar-refractivity contribution in [2.45, 2.75) is 0 Å². The fraction of sp³-hybridized carbons (Fsp3) is 0. The first kappa shape index (κ1) is 12.3. The SMILES string of the molecule is [N-]=[N+]=NC(=O)c1ccc(N2C(=O)C=CC2=O)cc1O. The number of amides is 3. The van der Waals surface area contributed by atoms with E-state index in [0.29, 0.717) is 0 Å². The van der Waals surface area contributed by atoms with Crippen molar-refractivity contribution in [2.75, 3.05) is 4.90 Å². The van der Waals surface area contributed by atoms with E-state index < -0.39 is 23.5 Å². The molecular weight excluding hydrogens is 252 g/mol. The third-order valence-corrected chi connectivity index (χ3v) is 2.41. The molecule has 0 atom stereocenters. The minimum Gasteiger partial charge on any atom is -0.507 e. The number of phenolic OH excluding ortho intramolecular Hbond substituents is 1. The highest BCUT2D eigenvalue weighted by Crippen LogP contribution is 2.27. The van der Waals surface area contributed by atoms with Crippen LogP contribution in [-0.4, -0.2) is 22.8 Å². The van der Waals surface area contributed by atoms with Crippen LogP contribution >= 0.6 is 0 Å². The number of nitrogens with zero attached hydrogens (tertiary/aromatic N) is 4. The summed E-state index contributed by atoms with van der Waals surface area (Å²) in [5.74, 6) is -2.52. The van der Waals surface area contributed by atoms with E-state index in [4.69, 9.17) is 5.53 Å². The van der Waals surface area contributed by atoms with Crippen LogP contribution in [0.2, 0.25) is 0 Å². The second kappa shape index (κ2) is 4.63. The van der Waals surface area contributed by atoms with Crippen molar-refractivity contribution in [1.29, 1.82) is 0 Å². The van der Waals surface area contributed by atoms with Crippen LogP contribution in [0.3, 0.4) is 0 Å². The van der Waals surface area contributed by atoms with E-state index in [1.165, 1.54) is 12.1 Å². The molecule has 0 bridgehead atoms. The Morgan fingerprint density at radius 1 is 1.26 bits per heavy atom. The smallest absolute Gasteiger partial charge is 0.258 e. The molecule has 0 spiro atoms. The van der Waals surface area contributed by atoms with E-state index in [1.807, 2.05) is 0 Å². The maximum absolute atomic E-state index is 11.4. The first-order chi connectivity index (χ1) is 9.04. The van der Waals surface area contributed by atoms with Crippen LogP contribution in [0.4, 0.5) is 5.69 Å². The van der Waals surface area contributed by atoms with Gasteiger partial charge in [-0.15, -0.1) is 0 Å². The zero-order valence-electron chi connectivity index (χ0n) is 9.35. The monoisotopic (exact) mass is 258 g/mol. The van der Waals surface area contributed by atoms with Gasteiger partial charge in [0, 0.05) is 23.1 Å². The molecular formula is C11H6N4O4. The normalized spacial score (nSPS) is 13.6. The van der Waals surface area contributed by atoms with E-state index in [-0.39, 0.29) is 11.3 Å². The number of azide groups is 1. The second-order valence-corrected chi connectivity index (χ2v) is 3.54. The molecule has 1 heterocycles. The van der Waals surface area contributed by atoms with Crippen molar-refractivity contribution in [3.63, 3.8) is 0 Å². The fourth-order valence-electron chi connectivity index (χ4n) is 1.59. The van der Waals surface area contributed by atoms with Gasteiger partial charge in [-0.25, -0.2) is 4.90 Å². The number of aromatic hydroxyl groups is 1. The predicted molar refractivity (Wildman–Crippen MR) is 63.2 cm³/mol. The Labute approximate surface area is 106 Å². The third-order valence-electron chi connectivity index (χ3n) is 2.41. The van der Waals surface area contributed by atoms with Gasteiger partial charge in [0.15, 0.2) is 0 Å². The van der Waals surface area contributed by atoms with Gasteiger partial charge < -0.3 is 5.11 Å². The van der Waals surface area contributed by atoms with Crippen LogP contribution < -0.4 is 4.90 Å². The lowest BCUT2D eigenvalue weighted by atomic mass is 10.1. The number of phenols is 1. The van der Waals surface area contributed by atoms with Gasteiger partial charge in [0.2, 0.25) is 0 Å². The van der Waals surface area contributed by atoms with E-state index in [2.05, 4.69) is 10.0 Å². The Morgan fingerprint density at radius 3 is 2.42 bits per heavy atom. The lowest BCUT2D eigenvalue weighted by Gasteiger charge is -2.14.